The van der Waals surface area contributed by atoms with Gasteiger partial charge in [-0.1, -0.05) is 0 Å². The number of ether oxygens (including phenoxy) is 1. The molecule has 0 aromatic heterocycles. The Morgan fingerprint density at radius 2 is 1.93 bits per heavy atom. The predicted molar refractivity (Wildman–Crippen MR) is 46.7 cm³/mol. The molecule has 0 heterocycles. The van der Waals surface area contributed by atoms with E-state index in [0.717, 1.165) is 0 Å². The first kappa shape index (κ1) is 11.8. The Kier molecular flexibility index (Phi) is 3.93. The number of methoxy groups -OCH3 is 1. The summed E-state index contributed by atoms with van der Waals surface area (Å²) in [7, 11) is 1.17. The predicted octanol–water partition coefficient (Wildman–Crippen LogP) is 1.55. The molecule has 0 aliphatic carbocycles. The molecule has 1 aromatic rings. The minimum atomic E-state index is -1.26. The lowest BCUT2D eigenvalue weighted by molar-refractivity contribution is 0.139. The van der Waals surface area contributed by atoms with Crippen molar-refractivity contribution in [2.45, 2.75) is 6.42 Å². The van der Waals surface area contributed by atoms with Crippen LogP contribution in [-0.2, 0) is 11.3 Å². The second kappa shape index (κ2) is 4.99. The molecule has 1 aromatic carbocycles. The van der Waals surface area contributed by atoms with Crippen LogP contribution in [-0.4, -0.2) is 13.7 Å². The maximum absolute atomic E-state index is 13.2. The van der Waals surface area contributed by atoms with Crippen LogP contribution in [0.25, 0.3) is 0 Å². The lowest BCUT2D eigenvalue weighted by Gasteiger charge is -2.10. The molecule has 0 amide bonds. The number of nitrogens with two attached hydrogens (primary N) is 1. The first-order valence-corrected chi connectivity index (χ1v) is 4.13. The van der Waals surface area contributed by atoms with Crippen molar-refractivity contribution in [3.8, 4) is 5.75 Å². The van der Waals surface area contributed by atoms with Crippen molar-refractivity contribution in [3.05, 3.63) is 29.1 Å². The molecule has 0 radical (unpaired) electrons. The SMILES string of the molecule is COc1c(F)cc(F)c(F)c1CCON. The molecular formula is C9H10F3NO2. The highest BCUT2D eigenvalue weighted by Crippen LogP contribution is 2.27. The van der Waals surface area contributed by atoms with E-state index < -0.39 is 17.5 Å². The maximum Gasteiger partial charge on any atom is 0.168 e. The van der Waals surface area contributed by atoms with Crippen LogP contribution in [0.5, 0.6) is 5.75 Å². The fourth-order valence-corrected chi connectivity index (χ4v) is 1.23. The van der Waals surface area contributed by atoms with Crippen LogP contribution in [0.4, 0.5) is 13.2 Å². The van der Waals surface area contributed by atoms with Crippen molar-refractivity contribution in [2.24, 2.45) is 5.90 Å². The molecule has 0 aliphatic heterocycles. The van der Waals surface area contributed by atoms with E-state index in [2.05, 4.69) is 9.57 Å². The smallest absolute Gasteiger partial charge is 0.168 e. The van der Waals surface area contributed by atoms with E-state index in [1.165, 1.54) is 7.11 Å². The third kappa shape index (κ3) is 2.40. The summed E-state index contributed by atoms with van der Waals surface area (Å²) in [4.78, 5) is 4.21. The van der Waals surface area contributed by atoms with Crippen LogP contribution in [0.3, 0.4) is 0 Å². The van der Waals surface area contributed by atoms with E-state index in [0.29, 0.717) is 6.07 Å². The van der Waals surface area contributed by atoms with Crippen LogP contribution in [0, 0.1) is 17.5 Å². The van der Waals surface area contributed by atoms with Gasteiger partial charge < -0.3 is 9.57 Å². The van der Waals surface area contributed by atoms with Crippen LogP contribution >= 0.6 is 0 Å². The maximum atomic E-state index is 13.2. The van der Waals surface area contributed by atoms with E-state index in [1.54, 1.807) is 0 Å². The third-order valence-electron chi connectivity index (χ3n) is 1.89. The lowest BCUT2D eigenvalue weighted by atomic mass is 10.1. The Morgan fingerprint density at radius 3 is 2.47 bits per heavy atom. The highest BCUT2D eigenvalue weighted by molar-refractivity contribution is 5.37. The molecular weight excluding hydrogens is 211 g/mol. The van der Waals surface area contributed by atoms with Gasteiger partial charge in [-0.3, -0.25) is 0 Å². The van der Waals surface area contributed by atoms with Gasteiger partial charge in [-0.15, -0.1) is 0 Å². The van der Waals surface area contributed by atoms with E-state index >= 15 is 0 Å². The quantitative estimate of drug-likeness (QED) is 0.619. The van der Waals surface area contributed by atoms with Crippen molar-refractivity contribution in [1.82, 2.24) is 0 Å². The van der Waals surface area contributed by atoms with Gasteiger partial charge in [0.1, 0.15) is 0 Å². The van der Waals surface area contributed by atoms with Crippen LogP contribution in [0.15, 0.2) is 6.07 Å². The summed E-state index contributed by atoms with van der Waals surface area (Å²) < 4.78 is 43.8. The average molecular weight is 221 g/mol. The summed E-state index contributed by atoms with van der Waals surface area (Å²) in [5.41, 5.74) is -0.222. The number of halogens is 3. The van der Waals surface area contributed by atoms with Gasteiger partial charge in [0, 0.05) is 18.1 Å². The molecule has 0 saturated carbocycles. The zero-order chi connectivity index (χ0) is 11.4. The fraction of sp³-hybridized carbons (Fsp3) is 0.333. The van der Waals surface area contributed by atoms with Crippen molar-refractivity contribution >= 4 is 0 Å². The standard InChI is InChI=1S/C9H10F3NO2/c1-14-9-5(2-3-15-13)8(12)6(10)4-7(9)11/h4H,2-3,13H2,1H3. The molecule has 15 heavy (non-hydrogen) atoms. The summed E-state index contributed by atoms with van der Waals surface area (Å²) in [5, 5.41) is 0. The van der Waals surface area contributed by atoms with E-state index in [9.17, 15) is 13.2 Å². The molecule has 0 fully saturated rings. The van der Waals surface area contributed by atoms with Gasteiger partial charge in [0.25, 0.3) is 0 Å². The van der Waals surface area contributed by atoms with Gasteiger partial charge in [0.2, 0.25) is 0 Å². The average Bonchev–Trinajstić information content (AvgIpc) is 2.21. The number of hydrogen-bond acceptors (Lipinski definition) is 3. The number of benzene rings is 1. The molecule has 0 spiro atoms. The Balaban J connectivity index is 3.18. The largest absolute Gasteiger partial charge is 0.493 e. The van der Waals surface area contributed by atoms with Gasteiger partial charge >= 0.3 is 0 Å². The zero-order valence-corrected chi connectivity index (χ0v) is 8.02. The molecule has 84 valence electrons. The molecule has 6 heteroatoms. The molecule has 0 aliphatic rings. The monoisotopic (exact) mass is 221 g/mol. The van der Waals surface area contributed by atoms with Crippen LogP contribution < -0.4 is 10.6 Å². The van der Waals surface area contributed by atoms with Gasteiger partial charge in [-0.05, 0) is 0 Å². The summed E-state index contributed by atoms with van der Waals surface area (Å²) in [6.07, 6.45) is -0.0693. The number of hydrogen-bond donors (Lipinski definition) is 1. The molecule has 3 nitrogen and oxygen atoms in total. The Morgan fingerprint density at radius 1 is 1.27 bits per heavy atom. The van der Waals surface area contributed by atoms with Gasteiger partial charge in [0.15, 0.2) is 23.2 Å². The molecule has 0 saturated heterocycles. The normalized spacial score (nSPS) is 10.5. The topological polar surface area (TPSA) is 44.5 Å². The van der Waals surface area contributed by atoms with Crippen molar-refractivity contribution in [2.75, 3.05) is 13.7 Å². The third-order valence-corrected chi connectivity index (χ3v) is 1.89. The van der Waals surface area contributed by atoms with E-state index in [1.807, 2.05) is 0 Å². The van der Waals surface area contributed by atoms with Crippen LogP contribution in [0.2, 0.25) is 0 Å². The zero-order valence-electron chi connectivity index (χ0n) is 8.02. The molecule has 1 rings (SSSR count). The summed E-state index contributed by atoms with van der Waals surface area (Å²) in [5.74, 6) is 1.05. The Bertz CT molecular complexity index is 358. The van der Waals surface area contributed by atoms with Crippen molar-refractivity contribution in [1.29, 1.82) is 0 Å². The summed E-state index contributed by atoms with van der Waals surface area (Å²) in [6.45, 7) is -0.0594. The molecule has 0 bridgehead atoms. The van der Waals surface area contributed by atoms with Crippen LogP contribution in [0.1, 0.15) is 5.56 Å². The Hall–Kier alpha value is -1.27. The minimum absolute atomic E-state index is 0.0594. The first-order chi connectivity index (χ1) is 7.11. The van der Waals surface area contributed by atoms with E-state index in [4.69, 9.17) is 5.90 Å². The lowest BCUT2D eigenvalue weighted by Crippen LogP contribution is -2.08. The summed E-state index contributed by atoms with van der Waals surface area (Å²) in [6, 6.07) is 0.432. The van der Waals surface area contributed by atoms with Gasteiger partial charge in [-0.2, -0.15) is 0 Å². The van der Waals surface area contributed by atoms with Crippen molar-refractivity contribution < 1.29 is 22.7 Å². The summed E-state index contributed by atoms with van der Waals surface area (Å²) >= 11 is 0. The molecule has 0 unspecified atom stereocenters. The van der Waals surface area contributed by atoms with Gasteiger partial charge in [-0.25, -0.2) is 19.1 Å². The van der Waals surface area contributed by atoms with Crippen molar-refractivity contribution in [3.63, 3.8) is 0 Å². The van der Waals surface area contributed by atoms with E-state index in [-0.39, 0.29) is 24.3 Å². The Labute approximate surface area is 84.5 Å². The second-order valence-electron chi connectivity index (χ2n) is 2.79. The first-order valence-electron chi connectivity index (χ1n) is 4.13. The highest BCUT2D eigenvalue weighted by Gasteiger charge is 2.19. The van der Waals surface area contributed by atoms with Gasteiger partial charge in [0.05, 0.1) is 13.7 Å². The highest BCUT2D eigenvalue weighted by atomic mass is 19.2. The molecule has 2 N–H and O–H groups in total. The minimum Gasteiger partial charge on any atom is -0.493 e. The number of rotatable bonds is 4. The fourth-order valence-electron chi connectivity index (χ4n) is 1.23. The second-order valence-corrected chi connectivity index (χ2v) is 2.79. The molecule has 0 atom stereocenters.